The molecule has 0 aromatic carbocycles. The molecule has 0 aliphatic carbocycles. The van der Waals surface area contributed by atoms with Crippen molar-refractivity contribution in [2.24, 2.45) is 0 Å². The van der Waals surface area contributed by atoms with E-state index in [4.69, 9.17) is 8.85 Å². The second-order valence-electron chi connectivity index (χ2n) is 4.15. The number of hydrogen-bond acceptors (Lipinski definition) is 2. The van der Waals surface area contributed by atoms with Crippen molar-refractivity contribution in [3.63, 3.8) is 0 Å². The molecule has 90 valence electrons. The summed E-state index contributed by atoms with van der Waals surface area (Å²) in [6.07, 6.45) is -3.74. The average Bonchev–Trinajstić information content (AvgIpc) is 2.16. The molecule has 1 fully saturated rings. The van der Waals surface area contributed by atoms with Gasteiger partial charge in [0, 0.05) is 7.11 Å². The van der Waals surface area contributed by atoms with Crippen LogP contribution in [-0.2, 0) is 8.85 Å². The Kier molecular flexibility index (Phi) is 3.52. The summed E-state index contributed by atoms with van der Waals surface area (Å²) >= 11 is 0. The van der Waals surface area contributed by atoms with Crippen LogP contribution in [0.1, 0.15) is 26.7 Å². The van der Waals surface area contributed by atoms with Crippen molar-refractivity contribution in [3.8, 4) is 0 Å². The van der Waals surface area contributed by atoms with Gasteiger partial charge in [-0.2, -0.15) is 13.2 Å². The van der Waals surface area contributed by atoms with Crippen LogP contribution in [0.4, 0.5) is 13.2 Å². The summed E-state index contributed by atoms with van der Waals surface area (Å²) in [6.45, 7) is 2.96. The number of alkyl halides is 3. The van der Waals surface area contributed by atoms with Crippen LogP contribution >= 0.6 is 0 Å². The molecular weight excluding hydrogens is 225 g/mol. The van der Waals surface area contributed by atoms with E-state index < -0.39 is 20.3 Å². The quantitative estimate of drug-likeness (QED) is 0.692. The predicted molar refractivity (Wildman–Crippen MR) is 52.8 cm³/mol. The first-order valence-corrected chi connectivity index (χ1v) is 7.34. The fourth-order valence-corrected chi connectivity index (χ4v) is 4.87. The molecule has 2 unspecified atom stereocenters. The Morgan fingerprint density at radius 2 is 2.07 bits per heavy atom. The lowest BCUT2D eigenvalue weighted by Crippen LogP contribution is -2.58. The molecule has 1 heterocycles. The largest absolute Gasteiger partial charge is 0.416 e. The van der Waals surface area contributed by atoms with Gasteiger partial charge in [0.2, 0.25) is 0 Å². The van der Waals surface area contributed by atoms with Crippen LogP contribution in [0.25, 0.3) is 0 Å². The molecule has 6 heteroatoms. The highest BCUT2D eigenvalue weighted by Crippen LogP contribution is 2.45. The van der Waals surface area contributed by atoms with E-state index in [1.54, 1.807) is 0 Å². The minimum absolute atomic E-state index is 0.0363. The summed E-state index contributed by atoms with van der Waals surface area (Å²) in [7, 11) is -1.14. The van der Waals surface area contributed by atoms with Crippen LogP contribution in [0.2, 0.25) is 12.1 Å². The second kappa shape index (κ2) is 4.07. The van der Waals surface area contributed by atoms with E-state index in [0.29, 0.717) is 18.5 Å². The van der Waals surface area contributed by atoms with Crippen molar-refractivity contribution in [2.45, 2.75) is 50.6 Å². The molecule has 0 spiro atoms. The van der Waals surface area contributed by atoms with Crippen LogP contribution in [0.5, 0.6) is 0 Å². The topological polar surface area (TPSA) is 18.5 Å². The maximum atomic E-state index is 12.8. The standard InChI is InChI=1S/C9H17F3O2Si/c1-4-15(13-3)7-5-6-8(2,14-15)9(10,11)12/h4-7H2,1-3H3. The van der Waals surface area contributed by atoms with Crippen molar-refractivity contribution in [2.75, 3.05) is 7.11 Å². The predicted octanol–water partition coefficient (Wildman–Crippen LogP) is 3.23. The normalized spacial score (nSPS) is 38.0. The van der Waals surface area contributed by atoms with Gasteiger partial charge < -0.3 is 8.85 Å². The monoisotopic (exact) mass is 242 g/mol. The summed E-state index contributed by atoms with van der Waals surface area (Å²) in [5.74, 6) is 0. The van der Waals surface area contributed by atoms with E-state index in [1.807, 2.05) is 6.92 Å². The van der Waals surface area contributed by atoms with Crippen molar-refractivity contribution in [1.29, 1.82) is 0 Å². The van der Waals surface area contributed by atoms with E-state index in [9.17, 15) is 13.2 Å². The first-order chi connectivity index (χ1) is 6.79. The maximum absolute atomic E-state index is 12.8. The van der Waals surface area contributed by atoms with Gasteiger partial charge in [-0.3, -0.25) is 0 Å². The fourth-order valence-electron chi connectivity index (χ4n) is 1.94. The highest BCUT2D eigenvalue weighted by atomic mass is 28.4. The molecule has 1 rings (SSSR count). The van der Waals surface area contributed by atoms with E-state index in [-0.39, 0.29) is 6.42 Å². The van der Waals surface area contributed by atoms with E-state index in [2.05, 4.69) is 0 Å². The SMILES string of the molecule is CC[Si]1(OC)CCCC(C)(C(F)(F)F)O1. The van der Waals surface area contributed by atoms with Crippen LogP contribution < -0.4 is 0 Å². The third kappa shape index (κ3) is 2.37. The third-order valence-electron chi connectivity index (χ3n) is 3.13. The smallest absolute Gasteiger partial charge is 0.398 e. The van der Waals surface area contributed by atoms with Crippen molar-refractivity contribution in [3.05, 3.63) is 0 Å². The van der Waals surface area contributed by atoms with Gasteiger partial charge in [-0.25, -0.2) is 0 Å². The zero-order chi connectivity index (χ0) is 11.7. The Morgan fingerprint density at radius 1 is 1.47 bits per heavy atom. The first-order valence-electron chi connectivity index (χ1n) is 5.11. The zero-order valence-electron chi connectivity index (χ0n) is 9.28. The number of halogens is 3. The molecule has 0 saturated carbocycles. The van der Waals surface area contributed by atoms with Gasteiger partial charge in [0.1, 0.15) is 0 Å². The number of hydrogen-bond donors (Lipinski definition) is 0. The van der Waals surface area contributed by atoms with Crippen molar-refractivity contribution in [1.82, 2.24) is 0 Å². The maximum Gasteiger partial charge on any atom is 0.416 e. The van der Waals surface area contributed by atoms with Gasteiger partial charge in [0.25, 0.3) is 0 Å². The van der Waals surface area contributed by atoms with Gasteiger partial charge in [0.05, 0.1) is 0 Å². The van der Waals surface area contributed by atoms with Crippen LogP contribution in [0, 0.1) is 0 Å². The molecule has 1 saturated heterocycles. The van der Waals surface area contributed by atoms with Crippen molar-refractivity contribution >= 4 is 8.56 Å². The Morgan fingerprint density at radius 3 is 2.47 bits per heavy atom. The Hall–Kier alpha value is -0.0731. The van der Waals surface area contributed by atoms with E-state index >= 15 is 0 Å². The molecule has 1 aliphatic heterocycles. The molecule has 0 amide bonds. The molecular formula is C9H17F3O2Si. The highest BCUT2D eigenvalue weighted by molar-refractivity contribution is 6.67. The minimum Gasteiger partial charge on any atom is -0.398 e. The van der Waals surface area contributed by atoms with Crippen LogP contribution in [0.3, 0.4) is 0 Å². The lowest BCUT2D eigenvalue weighted by Gasteiger charge is -2.44. The van der Waals surface area contributed by atoms with Gasteiger partial charge >= 0.3 is 14.7 Å². The molecule has 0 bridgehead atoms. The van der Waals surface area contributed by atoms with Gasteiger partial charge in [-0.1, -0.05) is 6.92 Å². The second-order valence-corrected chi connectivity index (χ2v) is 7.79. The minimum atomic E-state index is -4.31. The molecule has 0 aromatic rings. The highest BCUT2D eigenvalue weighted by Gasteiger charge is 2.58. The average molecular weight is 242 g/mol. The third-order valence-corrected chi connectivity index (χ3v) is 6.89. The molecule has 0 N–H and O–H groups in total. The number of rotatable bonds is 2. The first kappa shape index (κ1) is 13.0. The zero-order valence-corrected chi connectivity index (χ0v) is 10.3. The summed E-state index contributed by atoms with van der Waals surface area (Å²) in [6, 6.07) is 1.22. The fraction of sp³-hybridized carbons (Fsp3) is 1.00. The van der Waals surface area contributed by atoms with Gasteiger partial charge in [0.15, 0.2) is 5.60 Å². The van der Waals surface area contributed by atoms with Crippen LogP contribution in [0.15, 0.2) is 0 Å². The Bertz CT molecular complexity index is 228. The lowest BCUT2D eigenvalue weighted by molar-refractivity contribution is -0.255. The molecule has 2 atom stereocenters. The van der Waals surface area contributed by atoms with E-state index in [0.717, 1.165) is 6.92 Å². The molecule has 0 radical (unpaired) electrons. The summed E-state index contributed by atoms with van der Waals surface area (Å²) in [4.78, 5) is 0. The molecule has 1 aliphatic rings. The molecule has 15 heavy (non-hydrogen) atoms. The molecule has 0 aromatic heterocycles. The summed E-state index contributed by atoms with van der Waals surface area (Å²) < 4.78 is 48.9. The van der Waals surface area contributed by atoms with E-state index in [1.165, 1.54) is 7.11 Å². The van der Waals surface area contributed by atoms with Crippen molar-refractivity contribution < 1.29 is 22.0 Å². The summed E-state index contributed by atoms with van der Waals surface area (Å²) in [5, 5.41) is 0. The lowest BCUT2D eigenvalue weighted by atomic mass is 10.0. The van der Waals surface area contributed by atoms with Crippen LogP contribution in [-0.4, -0.2) is 27.4 Å². The summed E-state index contributed by atoms with van der Waals surface area (Å²) in [5.41, 5.74) is -2.01. The van der Waals surface area contributed by atoms with Gasteiger partial charge in [-0.05, 0) is 31.9 Å². The van der Waals surface area contributed by atoms with Gasteiger partial charge in [-0.15, -0.1) is 0 Å². The Labute approximate surface area is 89.0 Å². The Balaban J connectivity index is 2.88. The molecule has 2 nitrogen and oxygen atoms in total.